The quantitative estimate of drug-likeness (QED) is 0.935. The zero-order valence-electron chi connectivity index (χ0n) is 12.6. The Balaban J connectivity index is 1.69. The van der Waals surface area contributed by atoms with Gasteiger partial charge >= 0.3 is 0 Å². The first-order valence-corrected chi connectivity index (χ1v) is 8.16. The number of hydrogen-bond donors (Lipinski definition) is 1. The van der Waals surface area contributed by atoms with Crippen molar-refractivity contribution in [3.05, 3.63) is 24.7 Å². The Labute approximate surface area is 125 Å². The second-order valence-corrected chi connectivity index (χ2v) is 6.37. The monoisotopic (exact) mass is 285 g/mol. The smallest absolute Gasteiger partial charge is 0.154 e. The van der Waals surface area contributed by atoms with Crippen molar-refractivity contribution in [2.24, 2.45) is 0 Å². The zero-order chi connectivity index (χ0) is 14.2. The third kappa shape index (κ3) is 2.29. The third-order valence-electron chi connectivity index (χ3n) is 4.93. The van der Waals surface area contributed by atoms with Crippen molar-refractivity contribution in [2.45, 2.75) is 57.2 Å². The SMILES string of the molecule is CCCN(c1nccn2nccc12)C1CC2CCC(C1)N2. The molecule has 0 amide bonds. The van der Waals surface area contributed by atoms with E-state index in [1.165, 1.54) is 25.7 Å². The summed E-state index contributed by atoms with van der Waals surface area (Å²) in [5.41, 5.74) is 1.12. The summed E-state index contributed by atoms with van der Waals surface area (Å²) in [5, 5.41) is 8.08. The third-order valence-corrected chi connectivity index (χ3v) is 4.93. The fourth-order valence-electron chi connectivity index (χ4n) is 4.05. The molecule has 5 nitrogen and oxygen atoms in total. The fourth-order valence-corrected chi connectivity index (χ4v) is 4.05. The van der Waals surface area contributed by atoms with Gasteiger partial charge in [-0.05, 0) is 38.2 Å². The molecule has 112 valence electrons. The summed E-state index contributed by atoms with van der Waals surface area (Å²) >= 11 is 0. The van der Waals surface area contributed by atoms with Gasteiger partial charge in [0.15, 0.2) is 5.82 Å². The second-order valence-electron chi connectivity index (χ2n) is 6.37. The van der Waals surface area contributed by atoms with Crippen molar-refractivity contribution < 1.29 is 0 Å². The molecular formula is C16H23N5. The molecule has 0 aromatic carbocycles. The molecule has 2 aromatic rings. The highest BCUT2D eigenvalue weighted by Crippen LogP contribution is 2.32. The Morgan fingerprint density at radius 1 is 1.29 bits per heavy atom. The largest absolute Gasteiger partial charge is 0.352 e. The van der Waals surface area contributed by atoms with Gasteiger partial charge in [0.1, 0.15) is 5.52 Å². The number of fused-ring (bicyclic) bond motifs is 3. The molecule has 2 aromatic heterocycles. The highest BCUT2D eigenvalue weighted by molar-refractivity contribution is 5.68. The highest BCUT2D eigenvalue weighted by atomic mass is 15.3. The maximum Gasteiger partial charge on any atom is 0.154 e. The van der Waals surface area contributed by atoms with E-state index in [0.29, 0.717) is 18.1 Å². The number of aromatic nitrogens is 3. The van der Waals surface area contributed by atoms with E-state index < -0.39 is 0 Å². The number of rotatable bonds is 4. The number of anilines is 1. The molecule has 4 heterocycles. The summed E-state index contributed by atoms with van der Waals surface area (Å²) in [5.74, 6) is 1.10. The molecule has 0 radical (unpaired) electrons. The lowest BCUT2D eigenvalue weighted by molar-refractivity contribution is 0.346. The van der Waals surface area contributed by atoms with Gasteiger partial charge in [-0.25, -0.2) is 9.50 Å². The topological polar surface area (TPSA) is 45.5 Å². The Hall–Kier alpha value is -1.62. The van der Waals surface area contributed by atoms with Gasteiger partial charge in [0.25, 0.3) is 0 Å². The average molecular weight is 285 g/mol. The van der Waals surface area contributed by atoms with Crippen molar-refractivity contribution in [1.29, 1.82) is 0 Å². The molecule has 2 atom stereocenters. The molecule has 5 heteroatoms. The van der Waals surface area contributed by atoms with Crippen LogP contribution < -0.4 is 10.2 Å². The number of hydrogen-bond acceptors (Lipinski definition) is 4. The van der Waals surface area contributed by atoms with Gasteiger partial charge in [0, 0.05) is 37.1 Å². The number of piperidine rings is 1. The van der Waals surface area contributed by atoms with E-state index in [2.05, 4.69) is 33.3 Å². The van der Waals surface area contributed by atoms with Crippen LogP contribution >= 0.6 is 0 Å². The Morgan fingerprint density at radius 2 is 2.10 bits per heavy atom. The highest BCUT2D eigenvalue weighted by Gasteiger charge is 2.36. The minimum atomic E-state index is 0.609. The van der Waals surface area contributed by atoms with E-state index in [1.807, 2.05) is 23.1 Å². The fraction of sp³-hybridized carbons (Fsp3) is 0.625. The van der Waals surface area contributed by atoms with E-state index in [0.717, 1.165) is 24.3 Å². The van der Waals surface area contributed by atoms with Crippen molar-refractivity contribution in [1.82, 2.24) is 19.9 Å². The molecule has 2 saturated heterocycles. The van der Waals surface area contributed by atoms with E-state index in [-0.39, 0.29) is 0 Å². The summed E-state index contributed by atoms with van der Waals surface area (Å²) < 4.78 is 1.93. The van der Waals surface area contributed by atoms with Gasteiger partial charge in [-0.3, -0.25) is 0 Å². The summed E-state index contributed by atoms with van der Waals surface area (Å²) in [7, 11) is 0. The van der Waals surface area contributed by atoms with Crippen molar-refractivity contribution in [2.75, 3.05) is 11.4 Å². The van der Waals surface area contributed by atoms with Gasteiger partial charge in [-0.1, -0.05) is 6.92 Å². The molecule has 2 fully saturated rings. The number of nitrogens with one attached hydrogen (secondary N) is 1. The summed E-state index contributed by atoms with van der Waals surface area (Å²) in [6.45, 7) is 3.32. The summed E-state index contributed by atoms with van der Waals surface area (Å²) in [6.07, 6.45) is 12.0. The molecule has 2 bridgehead atoms. The standard InChI is InChI=1S/C16H23N5/c1-2-8-20(14-10-12-3-4-13(11-14)19-12)16-15-5-6-18-21(15)9-7-17-16/h5-7,9,12-14,19H,2-4,8,10-11H2,1H3. The van der Waals surface area contributed by atoms with E-state index in [1.54, 1.807) is 0 Å². The minimum Gasteiger partial charge on any atom is -0.352 e. The Morgan fingerprint density at radius 3 is 2.86 bits per heavy atom. The van der Waals surface area contributed by atoms with Gasteiger partial charge < -0.3 is 10.2 Å². The molecule has 2 aliphatic rings. The molecule has 2 aliphatic heterocycles. The van der Waals surface area contributed by atoms with Crippen LogP contribution in [0.2, 0.25) is 0 Å². The van der Waals surface area contributed by atoms with E-state index in [4.69, 9.17) is 0 Å². The number of nitrogens with zero attached hydrogens (tertiary/aromatic N) is 4. The van der Waals surface area contributed by atoms with Crippen LogP contribution in [0.4, 0.5) is 5.82 Å². The lowest BCUT2D eigenvalue weighted by Gasteiger charge is -2.38. The molecule has 21 heavy (non-hydrogen) atoms. The Kier molecular flexibility index (Phi) is 3.30. The maximum atomic E-state index is 4.69. The van der Waals surface area contributed by atoms with Gasteiger partial charge in [-0.15, -0.1) is 0 Å². The van der Waals surface area contributed by atoms with Crippen molar-refractivity contribution in [3.8, 4) is 0 Å². The van der Waals surface area contributed by atoms with Crippen LogP contribution in [-0.4, -0.2) is 39.3 Å². The first-order chi connectivity index (χ1) is 10.3. The van der Waals surface area contributed by atoms with E-state index >= 15 is 0 Å². The van der Waals surface area contributed by atoms with Crippen LogP contribution in [0.1, 0.15) is 39.0 Å². The normalized spacial score (nSPS) is 28.1. The minimum absolute atomic E-state index is 0.609. The van der Waals surface area contributed by atoms with Gasteiger partial charge in [-0.2, -0.15) is 5.10 Å². The molecule has 4 rings (SSSR count). The molecule has 0 spiro atoms. The predicted molar refractivity (Wildman–Crippen MR) is 83.6 cm³/mol. The van der Waals surface area contributed by atoms with Crippen molar-refractivity contribution in [3.63, 3.8) is 0 Å². The first kappa shape index (κ1) is 13.1. The van der Waals surface area contributed by atoms with Crippen LogP contribution in [0.25, 0.3) is 5.52 Å². The molecular weight excluding hydrogens is 262 g/mol. The van der Waals surface area contributed by atoms with Crippen LogP contribution in [-0.2, 0) is 0 Å². The molecule has 2 unspecified atom stereocenters. The zero-order valence-corrected chi connectivity index (χ0v) is 12.6. The van der Waals surface area contributed by atoms with E-state index in [9.17, 15) is 0 Å². The van der Waals surface area contributed by atoms with Crippen LogP contribution in [0.5, 0.6) is 0 Å². The van der Waals surface area contributed by atoms with Gasteiger partial charge in [0.05, 0.1) is 6.20 Å². The average Bonchev–Trinajstić information content (AvgIpc) is 3.11. The maximum absolute atomic E-state index is 4.69. The predicted octanol–water partition coefficient (Wildman–Crippen LogP) is 2.23. The van der Waals surface area contributed by atoms with Crippen LogP contribution in [0, 0.1) is 0 Å². The molecule has 0 saturated carbocycles. The van der Waals surface area contributed by atoms with Crippen LogP contribution in [0.15, 0.2) is 24.7 Å². The Bertz CT molecular complexity index is 610. The van der Waals surface area contributed by atoms with Crippen molar-refractivity contribution >= 4 is 11.3 Å². The van der Waals surface area contributed by atoms with Gasteiger partial charge in [0.2, 0.25) is 0 Å². The summed E-state index contributed by atoms with van der Waals surface area (Å²) in [6, 6.07) is 4.09. The lowest BCUT2D eigenvalue weighted by Crippen LogP contribution is -2.49. The second kappa shape index (κ2) is 5.30. The van der Waals surface area contributed by atoms with Crippen LogP contribution in [0.3, 0.4) is 0 Å². The molecule has 0 aliphatic carbocycles. The molecule has 1 N–H and O–H groups in total. The lowest BCUT2D eigenvalue weighted by atomic mass is 9.98. The summed E-state index contributed by atoms with van der Waals surface area (Å²) in [4.78, 5) is 7.22. The first-order valence-electron chi connectivity index (χ1n) is 8.16.